The second-order valence-corrected chi connectivity index (χ2v) is 9.92. The van der Waals surface area contributed by atoms with E-state index in [0.29, 0.717) is 23.7 Å². The normalized spacial score (nSPS) is 49.8. The molecule has 3 fully saturated rings. The molecule has 0 aromatic rings. The Morgan fingerprint density at radius 3 is 2.58 bits per heavy atom. The molecular formula is C23H35FO2. The quantitative estimate of drug-likeness (QED) is 0.666. The van der Waals surface area contributed by atoms with Gasteiger partial charge in [0.25, 0.3) is 0 Å². The van der Waals surface area contributed by atoms with Gasteiger partial charge >= 0.3 is 0 Å². The van der Waals surface area contributed by atoms with E-state index in [1.54, 1.807) is 0 Å². The van der Waals surface area contributed by atoms with Crippen molar-refractivity contribution in [3.8, 4) is 0 Å². The van der Waals surface area contributed by atoms with Crippen molar-refractivity contribution >= 4 is 0 Å². The number of allylic oxidation sites excluding steroid dienone is 2. The third-order valence-corrected chi connectivity index (χ3v) is 9.05. The third-order valence-electron chi connectivity index (χ3n) is 9.05. The minimum Gasteiger partial charge on any atom is -0.389 e. The van der Waals surface area contributed by atoms with Crippen molar-refractivity contribution in [1.82, 2.24) is 0 Å². The van der Waals surface area contributed by atoms with E-state index in [9.17, 15) is 14.6 Å². The summed E-state index contributed by atoms with van der Waals surface area (Å²) in [5.74, 6) is 2.00. The van der Waals surface area contributed by atoms with E-state index in [1.807, 2.05) is 0 Å². The highest BCUT2D eigenvalue weighted by Gasteiger charge is 2.58. The van der Waals surface area contributed by atoms with E-state index in [0.717, 1.165) is 50.5 Å². The molecule has 0 spiro atoms. The number of fused-ring (bicyclic) bond motifs is 5. The topological polar surface area (TPSA) is 40.5 Å². The first kappa shape index (κ1) is 18.7. The highest BCUT2D eigenvalue weighted by Crippen LogP contribution is 2.67. The zero-order chi connectivity index (χ0) is 18.7. The Bertz CT molecular complexity index is 638. The summed E-state index contributed by atoms with van der Waals surface area (Å²) in [6.45, 7) is 6.47. The fraction of sp³-hybridized carbons (Fsp3) is 0.826. The average molecular weight is 363 g/mol. The van der Waals surface area contributed by atoms with Gasteiger partial charge in [-0.1, -0.05) is 38.8 Å². The number of hydrogen-bond donors (Lipinski definition) is 2. The summed E-state index contributed by atoms with van der Waals surface area (Å²) in [5, 5.41) is 19.8. The van der Waals surface area contributed by atoms with Gasteiger partial charge in [-0.25, -0.2) is 4.39 Å². The Kier molecular flexibility index (Phi) is 4.63. The summed E-state index contributed by atoms with van der Waals surface area (Å²) in [6.07, 6.45) is 10.4. The van der Waals surface area contributed by atoms with E-state index in [2.05, 4.69) is 26.8 Å². The molecule has 0 heterocycles. The molecule has 0 amide bonds. The van der Waals surface area contributed by atoms with Gasteiger partial charge < -0.3 is 10.2 Å². The van der Waals surface area contributed by atoms with E-state index in [4.69, 9.17) is 0 Å². The van der Waals surface area contributed by atoms with Gasteiger partial charge in [-0.05, 0) is 85.0 Å². The van der Waals surface area contributed by atoms with Crippen LogP contribution in [0.5, 0.6) is 0 Å². The predicted molar refractivity (Wildman–Crippen MR) is 102 cm³/mol. The summed E-state index contributed by atoms with van der Waals surface area (Å²) in [4.78, 5) is 0. The van der Waals surface area contributed by atoms with Gasteiger partial charge in [0, 0.05) is 0 Å². The molecule has 0 saturated heterocycles. The van der Waals surface area contributed by atoms with Crippen LogP contribution < -0.4 is 0 Å². The second kappa shape index (κ2) is 6.44. The molecule has 0 radical (unpaired) electrons. The van der Waals surface area contributed by atoms with Gasteiger partial charge in [-0.2, -0.15) is 0 Å². The van der Waals surface area contributed by atoms with Crippen LogP contribution in [0.2, 0.25) is 0 Å². The second-order valence-electron chi connectivity index (χ2n) is 9.92. The van der Waals surface area contributed by atoms with Crippen LogP contribution in [0.1, 0.15) is 72.1 Å². The summed E-state index contributed by atoms with van der Waals surface area (Å²) < 4.78 is 14.4. The van der Waals surface area contributed by atoms with Crippen LogP contribution in [0.3, 0.4) is 0 Å². The standard InChI is InChI=1S/C23H35FO2/c1-4-14-12-23(3)15(11-21(14)26)5-6-16-17-7-8-19(20(24)13-25)22(17,2)10-9-18(16)23/h11,14,16-18,21,25-26H,4-10,12-13H2,1-3H3/t14-,16+,17+,18+,21-,22+,23+/m1/s1. The summed E-state index contributed by atoms with van der Waals surface area (Å²) in [6, 6.07) is 0. The van der Waals surface area contributed by atoms with Gasteiger partial charge in [-0.3, -0.25) is 0 Å². The Morgan fingerprint density at radius 1 is 1.15 bits per heavy atom. The number of rotatable bonds is 2. The van der Waals surface area contributed by atoms with Crippen LogP contribution >= 0.6 is 0 Å². The van der Waals surface area contributed by atoms with Crippen LogP contribution in [0.15, 0.2) is 23.0 Å². The van der Waals surface area contributed by atoms with Crippen molar-refractivity contribution in [2.24, 2.45) is 34.5 Å². The van der Waals surface area contributed by atoms with Crippen LogP contribution in [-0.2, 0) is 0 Å². The molecule has 4 rings (SSSR count). The minimum atomic E-state index is -0.438. The SMILES string of the molecule is CC[C@@H]1C[C@@]2(C)C(=C[C@H]1O)CC[C@@H]1[C@@H]2CC[C@]2(C)C(=C(F)CO)CC[C@@H]12. The lowest BCUT2D eigenvalue weighted by atomic mass is 9.46. The van der Waals surface area contributed by atoms with Crippen LogP contribution in [0.25, 0.3) is 0 Å². The molecule has 4 aliphatic rings. The zero-order valence-electron chi connectivity index (χ0n) is 16.6. The molecule has 0 unspecified atom stereocenters. The summed E-state index contributed by atoms with van der Waals surface area (Å²) >= 11 is 0. The van der Waals surface area contributed by atoms with Crippen molar-refractivity contribution in [1.29, 1.82) is 0 Å². The number of aliphatic hydroxyl groups excluding tert-OH is 2. The van der Waals surface area contributed by atoms with E-state index in [1.165, 1.54) is 12.0 Å². The molecule has 0 bridgehead atoms. The first-order valence-corrected chi connectivity index (χ1v) is 10.7. The number of halogens is 1. The van der Waals surface area contributed by atoms with Crippen LogP contribution in [-0.4, -0.2) is 22.9 Å². The maximum atomic E-state index is 14.4. The summed E-state index contributed by atoms with van der Waals surface area (Å²) in [5.41, 5.74) is 2.58. The molecule has 3 saturated carbocycles. The molecule has 2 nitrogen and oxygen atoms in total. The average Bonchev–Trinajstić information content (AvgIpc) is 2.98. The highest BCUT2D eigenvalue weighted by molar-refractivity contribution is 5.30. The molecule has 0 aliphatic heterocycles. The molecule has 7 atom stereocenters. The minimum absolute atomic E-state index is 0.0517. The molecule has 0 aromatic heterocycles. The van der Waals surface area contributed by atoms with Crippen molar-refractivity contribution in [3.63, 3.8) is 0 Å². The molecular weight excluding hydrogens is 327 g/mol. The Labute approximate surface area is 157 Å². The van der Waals surface area contributed by atoms with Gasteiger partial charge in [-0.15, -0.1) is 0 Å². The fourth-order valence-corrected chi connectivity index (χ4v) is 7.63. The van der Waals surface area contributed by atoms with Gasteiger partial charge in [0.05, 0.1) is 12.7 Å². The van der Waals surface area contributed by atoms with Gasteiger partial charge in [0.15, 0.2) is 0 Å². The maximum Gasteiger partial charge on any atom is 0.125 e. The first-order valence-electron chi connectivity index (χ1n) is 10.7. The smallest absolute Gasteiger partial charge is 0.125 e. The lowest BCUT2D eigenvalue weighted by Gasteiger charge is -2.58. The largest absolute Gasteiger partial charge is 0.389 e. The van der Waals surface area contributed by atoms with Crippen molar-refractivity contribution in [2.45, 2.75) is 78.2 Å². The van der Waals surface area contributed by atoms with Crippen molar-refractivity contribution < 1.29 is 14.6 Å². The Morgan fingerprint density at radius 2 is 1.88 bits per heavy atom. The zero-order valence-corrected chi connectivity index (χ0v) is 16.6. The third kappa shape index (κ3) is 2.49. The summed E-state index contributed by atoms with van der Waals surface area (Å²) in [7, 11) is 0. The van der Waals surface area contributed by atoms with Crippen molar-refractivity contribution in [3.05, 3.63) is 23.0 Å². The molecule has 26 heavy (non-hydrogen) atoms. The lowest BCUT2D eigenvalue weighted by Crippen LogP contribution is -2.51. The molecule has 4 aliphatic carbocycles. The van der Waals surface area contributed by atoms with E-state index < -0.39 is 6.61 Å². The fourth-order valence-electron chi connectivity index (χ4n) is 7.63. The number of aliphatic hydroxyl groups is 2. The van der Waals surface area contributed by atoms with Gasteiger partial charge in [0.2, 0.25) is 0 Å². The van der Waals surface area contributed by atoms with Crippen LogP contribution in [0, 0.1) is 34.5 Å². The molecule has 0 aromatic carbocycles. The monoisotopic (exact) mass is 362 g/mol. The predicted octanol–water partition coefficient (Wildman–Crippen LogP) is 5.16. The highest BCUT2D eigenvalue weighted by atomic mass is 19.1. The molecule has 2 N–H and O–H groups in total. The lowest BCUT2D eigenvalue weighted by molar-refractivity contribution is -0.0442. The van der Waals surface area contributed by atoms with Crippen molar-refractivity contribution in [2.75, 3.05) is 6.61 Å². The van der Waals surface area contributed by atoms with E-state index >= 15 is 0 Å². The molecule has 3 heteroatoms. The Hall–Kier alpha value is -0.670. The first-order chi connectivity index (χ1) is 12.3. The Balaban J connectivity index is 1.67. The maximum absolute atomic E-state index is 14.4. The van der Waals surface area contributed by atoms with Gasteiger partial charge in [0.1, 0.15) is 5.83 Å². The van der Waals surface area contributed by atoms with E-state index in [-0.39, 0.29) is 22.8 Å². The number of hydrogen-bond acceptors (Lipinski definition) is 2. The molecule has 146 valence electrons. The van der Waals surface area contributed by atoms with Crippen LogP contribution in [0.4, 0.5) is 4.39 Å².